The second kappa shape index (κ2) is 12.1. The van der Waals surface area contributed by atoms with Crippen LogP contribution in [0.3, 0.4) is 0 Å². The smallest absolute Gasteiger partial charge is 0.405 e. The lowest BCUT2D eigenvalue weighted by molar-refractivity contribution is -0.119. The number of rotatable bonds is 10. The average molecular weight is 551 g/mol. The van der Waals surface area contributed by atoms with E-state index in [2.05, 4.69) is 32.0 Å². The molecule has 184 valence electrons. The average Bonchev–Trinajstić information content (AvgIpc) is 3.15. The van der Waals surface area contributed by atoms with Gasteiger partial charge in [-0.05, 0) is 39.7 Å². The van der Waals surface area contributed by atoms with Crippen molar-refractivity contribution in [2.75, 3.05) is 17.3 Å². The number of nitrogens with zero attached hydrogens (tertiary/aromatic N) is 1. The number of halogens is 3. The summed E-state index contributed by atoms with van der Waals surface area (Å²) in [6, 6.07) is 12.1. The van der Waals surface area contributed by atoms with Gasteiger partial charge in [0.15, 0.2) is 0 Å². The Kier molecular flexibility index (Phi) is 8.92. The molecule has 0 spiro atoms. The number of anilines is 1. The van der Waals surface area contributed by atoms with E-state index >= 15 is 0 Å². The normalized spacial score (nSPS) is 11.5. The van der Waals surface area contributed by atoms with Crippen LogP contribution in [0.15, 0.2) is 65.3 Å². The first-order chi connectivity index (χ1) is 16.7. The second-order valence-electron chi connectivity index (χ2n) is 7.30. The van der Waals surface area contributed by atoms with Gasteiger partial charge in [-0.2, -0.15) is 0 Å². The van der Waals surface area contributed by atoms with E-state index in [0.717, 1.165) is 22.4 Å². The van der Waals surface area contributed by atoms with Gasteiger partial charge in [-0.15, -0.1) is 0 Å². The molecule has 3 amide bonds. The number of hydrogen-bond donors (Lipinski definition) is 4. The zero-order valence-corrected chi connectivity index (χ0v) is 19.7. The molecule has 1 aromatic heterocycles. The number of carboxylic acid groups (broad SMARTS) is 1. The minimum Gasteiger partial charge on any atom is -0.465 e. The van der Waals surface area contributed by atoms with E-state index in [1.54, 1.807) is 0 Å². The van der Waals surface area contributed by atoms with Gasteiger partial charge in [-0.3, -0.25) is 19.7 Å². The highest BCUT2D eigenvalue weighted by molar-refractivity contribution is 9.10. The van der Waals surface area contributed by atoms with E-state index in [0.29, 0.717) is 6.07 Å². The first-order valence-corrected chi connectivity index (χ1v) is 11.1. The fourth-order valence-electron chi connectivity index (χ4n) is 3.12. The molecule has 4 N–H and O–H groups in total. The number of amides is 3. The summed E-state index contributed by atoms with van der Waals surface area (Å²) in [5.74, 6) is -3.27. The van der Waals surface area contributed by atoms with E-state index in [-0.39, 0.29) is 35.5 Å². The summed E-state index contributed by atoms with van der Waals surface area (Å²) in [5.41, 5.74) is 3.15. The van der Waals surface area contributed by atoms with Crippen molar-refractivity contribution < 1.29 is 33.0 Å². The first-order valence-electron chi connectivity index (χ1n) is 10.3. The van der Waals surface area contributed by atoms with Crippen LogP contribution in [0.25, 0.3) is 0 Å². The van der Waals surface area contributed by atoms with Crippen molar-refractivity contribution in [3.8, 4) is 0 Å². The molecule has 1 atom stereocenters. The SMILES string of the molecule is O=C(O)NC(CCOCc1ccccc1)C(=O)Nn1ccc(Br)c1C(=O)Nc1cc(F)cc(F)c1. The summed E-state index contributed by atoms with van der Waals surface area (Å²) >= 11 is 3.19. The van der Waals surface area contributed by atoms with E-state index in [1.165, 1.54) is 12.3 Å². The molecule has 0 aliphatic rings. The summed E-state index contributed by atoms with van der Waals surface area (Å²) in [6.45, 7) is 0.374. The lowest BCUT2D eigenvalue weighted by atomic mass is 10.2. The summed E-state index contributed by atoms with van der Waals surface area (Å²) in [4.78, 5) is 36.7. The Morgan fingerprint density at radius 3 is 2.40 bits per heavy atom. The van der Waals surface area contributed by atoms with Crippen molar-refractivity contribution in [3.05, 3.63) is 88.2 Å². The third kappa shape index (κ3) is 7.62. The fraction of sp³-hybridized carbons (Fsp3) is 0.174. The molecular weight excluding hydrogens is 530 g/mol. The van der Waals surface area contributed by atoms with E-state index in [4.69, 9.17) is 9.84 Å². The molecule has 0 aliphatic carbocycles. The van der Waals surface area contributed by atoms with Gasteiger partial charge in [-0.25, -0.2) is 13.6 Å². The fourth-order valence-corrected chi connectivity index (χ4v) is 3.61. The van der Waals surface area contributed by atoms with Gasteiger partial charge in [0, 0.05) is 31.0 Å². The Balaban J connectivity index is 1.65. The molecule has 3 aromatic rings. The third-order valence-electron chi connectivity index (χ3n) is 4.68. The van der Waals surface area contributed by atoms with Crippen molar-refractivity contribution in [1.82, 2.24) is 9.99 Å². The highest BCUT2D eigenvalue weighted by Gasteiger charge is 2.24. The zero-order valence-electron chi connectivity index (χ0n) is 18.1. The molecule has 0 bridgehead atoms. The van der Waals surface area contributed by atoms with Gasteiger partial charge in [0.1, 0.15) is 23.4 Å². The Bertz CT molecular complexity index is 1190. The Morgan fingerprint density at radius 2 is 1.74 bits per heavy atom. The topological polar surface area (TPSA) is 122 Å². The number of carbonyl (C=O) groups is 3. The van der Waals surface area contributed by atoms with Gasteiger partial charge >= 0.3 is 6.09 Å². The molecule has 9 nitrogen and oxygen atoms in total. The Hall–Kier alpha value is -3.77. The van der Waals surface area contributed by atoms with Crippen LogP contribution in [0.2, 0.25) is 0 Å². The van der Waals surface area contributed by atoms with Gasteiger partial charge in [0.2, 0.25) is 0 Å². The number of ether oxygens (including phenoxy) is 1. The zero-order chi connectivity index (χ0) is 25.4. The second-order valence-corrected chi connectivity index (χ2v) is 8.15. The lowest BCUT2D eigenvalue weighted by Gasteiger charge is -2.18. The first kappa shape index (κ1) is 25.8. The highest BCUT2D eigenvalue weighted by atomic mass is 79.9. The Labute approximate surface area is 207 Å². The van der Waals surface area contributed by atoms with Crippen LogP contribution in [0.4, 0.5) is 19.3 Å². The molecule has 0 aliphatic heterocycles. The minimum atomic E-state index is -1.41. The molecule has 0 fully saturated rings. The predicted molar refractivity (Wildman–Crippen MR) is 126 cm³/mol. The van der Waals surface area contributed by atoms with Crippen molar-refractivity contribution in [1.29, 1.82) is 0 Å². The van der Waals surface area contributed by atoms with E-state index in [9.17, 15) is 23.2 Å². The van der Waals surface area contributed by atoms with Crippen molar-refractivity contribution in [2.24, 2.45) is 0 Å². The maximum absolute atomic E-state index is 13.4. The maximum Gasteiger partial charge on any atom is 0.405 e. The molecule has 0 saturated carbocycles. The van der Waals surface area contributed by atoms with E-state index < -0.39 is 35.6 Å². The lowest BCUT2D eigenvalue weighted by Crippen LogP contribution is -2.46. The molecule has 0 saturated heterocycles. The van der Waals surface area contributed by atoms with Gasteiger partial charge < -0.3 is 20.5 Å². The molecule has 1 heterocycles. The van der Waals surface area contributed by atoms with Crippen LogP contribution < -0.4 is 16.1 Å². The largest absolute Gasteiger partial charge is 0.465 e. The molecule has 0 radical (unpaired) electrons. The monoisotopic (exact) mass is 550 g/mol. The molecule has 12 heteroatoms. The van der Waals surface area contributed by atoms with Crippen LogP contribution in [-0.2, 0) is 16.1 Å². The van der Waals surface area contributed by atoms with Crippen LogP contribution >= 0.6 is 15.9 Å². The number of nitrogens with one attached hydrogen (secondary N) is 3. The number of hydrogen-bond acceptors (Lipinski definition) is 4. The van der Waals surface area contributed by atoms with E-state index in [1.807, 2.05) is 30.3 Å². The van der Waals surface area contributed by atoms with Crippen LogP contribution in [-0.4, -0.2) is 40.3 Å². The highest BCUT2D eigenvalue weighted by Crippen LogP contribution is 2.20. The van der Waals surface area contributed by atoms with Gasteiger partial charge in [0.05, 0.1) is 11.1 Å². The summed E-state index contributed by atoms with van der Waals surface area (Å²) in [7, 11) is 0. The summed E-state index contributed by atoms with van der Waals surface area (Å²) in [6.07, 6.45) is -0.0300. The van der Waals surface area contributed by atoms with Crippen molar-refractivity contribution in [3.63, 3.8) is 0 Å². The number of aromatic nitrogens is 1. The maximum atomic E-state index is 13.4. The molecule has 1 unspecified atom stereocenters. The van der Waals surface area contributed by atoms with Crippen LogP contribution in [0, 0.1) is 11.6 Å². The number of carbonyl (C=O) groups excluding carboxylic acids is 2. The standard InChI is InChI=1S/C23H21BrF2N4O5/c24-18-6-8-30(20(18)22(32)27-17-11-15(25)10-16(26)12-17)29-21(31)19(28-23(33)34)7-9-35-13-14-4-2-1-3-5-14/h1-6,8,10-12,19,28H,7,9,13H2,(H,27,32)(H,29,31)(H,33,34). The predicted octanol–water partition coefficient (Wildman–Crippen LogP) is 4.09. The van der Waals surface area contributed by atoms with Crippen molar-refractivity contribution in [2.45, 2.75) is 19.1 Å². The van der Waals surface area contributed by atoms with Crippen molar-refractivity contribution >= 4 is 39.5 Å². The summed E-state index contributed by atoms with van der Waals surface area (Å²) in [5, 5.41) is 13.6. The van der Waals surface area contributed by atoms with Gasteiger partial charge in [-0.1, -0.05) is 30.3 Å². The molecule has 3 rings (SSSR count). The summed E-state index contributed by atoms with van der Waals surface area (Å²) < 4.78 is 33.8. The quantitative estimate of drug-likeness (QED) is 0.283. The molecule has 2 aromatic carbocycles. The van der Waals surface area contributed by atoms with Crippen LogP contribution in [0.1, 0.15) is 22.5 Å². The van der Waals surface area contributed by atoms with Gasteiger partial charge in [0.25, 0.3) is 11.8 Å². The molecule has 35 heavy (non-hydrogen) atoms. The number of benzene rings is 2. The minimum absolute atomic E-state index is 0.0253. The molecular formula is C23H21BrF2N4O5. The Morgan fingerprint density at radius 1 is 1.06 bits per heavy atom. The third-order valence-corrected chi connectivity index (χ3v) is 5.32. The van der Waals surface area contributed by atoms with Crippen LogP contribution in [0.5, 0.6) is 0 Å².